The molecule has 1 saturated heterocycles. The minimum absolute atomic E-state index is 0.0246. The molecule has 2 aromatic rings. The third-order valence-corrected chi connectivity index (χ3v) is 5.59. The van der Waals surface area contributed by atoms with E-state index in [1.807, 2.05) is 4.90 Å². The lowest BCUT2D eigenvalue weighted by Crippen LogP contribution is -2.46. The normalized spacial score (nSPS) is 17.3. The van der Waals surface area contributed by atoms with E-state index in [4.69, 9.17) is 5.11 Å². The fourth-order valence-electron chi connectivity index (χ4n) is 3.96. The van der Waals surface area contributed by atoms with Gasteiger partial charge in [0.05, 0.1) is 22.8 Å². The minimum atomic E-state index is -1.62. The van der Waals surface area contributed by atoms with Crippen LogP contribution in [-0.2, 0) is 0 Å². The predicted molar refractivity (Wildman–Crippen MR) is 104 cm³/mol. The molecule has 0 atom stereocenters. The number of aromatic nitrogens is 1. The minimum Gasteiger partial charge on any atom is -0.449 e. The number of carboxylic acid groups (broad SMARTS) is 1. The third kappa shape index (κ3) is 3.40. The zero-order valence-corrected chi connectivity index (χ0v) is 16.0. The van der Waals surface area contributed by atoms with Gasteiger partial charge in [0, 0.05) is 32.2 Å². The Morgan fingerprint density at radius 2 is 2.03 bits per heavy atom. The molecular formula is C20H21FN4O4. The Hall–Kier alpha value is -3.12. The van der Waals surface area contributed by atoms with Crippen molar-refractivity contribution in [2.24, 2.45) is 0 Å². The highest BCUT2D eigenvalue weighted by Crippen LogP contribution is 2.40. The fraction of sp³-hybridized carbons (Fsp3) is 0.450. The summed E-state index contributed by atoms with van der Waals surface area (Å²) in [5, 5.41) is 18.8. The molecule has 8 nitrogen and oxygen atoms in total. The van der Waals surface area contributed by atoms with Crippen molar-refractivity contribution in [2.75, 3.05) is 37.6 Å². The monoisotopic (exact) mass is 400 g/mol. The zero-order chi connectivity index (χ0) is 20.7. The molecule has 2 heterocycles. The summed E-state index contributed by atoms with van der Waals surface area (Å²) in [7, 11) is 0. The van der Waals surface area contributed by atoms with Crippen LogP contribution in [0.15, 0.2) is 17.1 Å². The van der Waals surface area contributed by atoms with Crippen LogP contribution in [0, 0.1) is 17.1 Å². The van der Waals surface area contributed by atoms with Gasteiger partial charge < -0.3 is 24.2 Å². The summed E-state index contributed by atoms with van der Waals surface area (Å²) in [5.41, 5.74) is -0.0867. The van der Waals surface area contributed by atoms with E-state index < -0.39 is 17.4 Å². The van der Waals surface area contributed by atoms with E-state index in [0.29, 0.717) is 18.6 Å². The van der Waals surface area contributed by atoms with Gasteiger partial charge in [-0.2, -0.15) is 5.26 Å². The van der Waals surface area contributed by atoms with Gasteiger partial charge in [-0.05, 0) is 25.5 Å². The molecule has 9 heteroatoms. The van der Waals surface area contributed by atoms with Crippen LogP contribution in [0.3, 0.4) is 0 Å². The standard InChI is InChI=1S/C20H21FN4O4/c1-2-23-5-7-24(8-6-23)18-14(10-22)17-13(9-15(18)21)19(26)16(29-20(27)28)11-25(17)12-3-4-12/h9,11-12H,2-8H2,1H3,(H,27,28). The van der Waals surface area contributed by atoms with Crippen LogP contribution in [0.5, 0.6) is 5.75 Å². The van der Waals surface area contributed by atoms with Gasteiger partial charge in [0.1, 0.15) is 17.4 Å². The highest BCUT2D eigenvalue weighted by molar-refractivity contribution is 5.92. The van der Waals surface area contributed by atoms with Crippen LogP contribution < -0.4 is 15.1 Å². The molecule has 29 heavy (non-hydrogen) atoms. The number of ether oxygens (including phenoxy) is 1. The lowest BCUT2D eigenvalue weighted by molar-refractivity contribution is 0.143. The summed E-state index contributed by atoms with van der Waals surface area (Å²) >= 11 is 0. The number of fused-ring (bicyclic) bond motifs is 1. The average molecular weight is 400 g/mol. The number of benzene rings is 1. The van der Waals surface area contributed by atoms with Gasteiger partial charge in [0.2, 0.25) is 5.43 Å². The second-order valence-electron chi connectivity index (χ2n) is 7.34. The van der Waals surface area contributed by atoms with Gasteiger partial charge in [-0.3, -0.25) is 4.79 Å². The van der Waals surface area contributed by atoms with E-state index in [9.17, 15) is 14.9 Å². The third-order valence-electron chi connectivity index (χ3n) is 5.59. The Labute approximate surface area is 166 Å². The summed E-state index contributed by atoms with van der Waals surface area (Å²) < 4.78 is 21.5. The average Bonchev–Trinajstić information content (AvgIpc) is 3.54. The van der Waals surface area contributed by atoms with Crippen LogP contribution in [0.25, 0.3) is 10.9 Å². The van der Waals surface area contributed by atoms with Crippen molar-refractivity contribution in [1.82, 2.24) is 9.47 Å². The van der Waals surface area contributed by atoms with E-state index in [-0.39, 0.29) is 28.4 Å². The molecule has 2 fully saturated rings. The van der Waals surface area contributed by atoms with Gasteiger partial charge in [-0.15, -0.1) is 0 Å². The molecule has 152 valence electrons. The number of hydrogen-bond donors (Lipinski definition) is 1. The fourth-order valence-corrected chi connectivity index (χ4v) is 3.96. The maximum atomic E-state index is 15.1. The number of nitriles is 1. The number of nitrogens with zero attached hydrogens (tertiary/aromatic N) is 4. The van der Waals surface area contributed by atoms with Crippen LogP contribution in [-0.4, -0.2) is 53.5 Å². The molecule has 4 rings (SSSR count). The zero-order valence-electron chi connectivity index (χ0n) is 16.0. The molecule has 0 amide bonds. The van der Waals surface area contributed by atoms with Gasteiger partial charge >= 0.3 is 6.16 Å². The van der Waals surface area contributed by atoms with Gasteiger partial charge in [-0.25, -0.2) is 9.18 Å². The molecule has 0 unspecified atom stereocenters. The number of likely N-dealkylation sites (N-methyl/N-ethyl adjacent to an activating group) is 1. The molecule has 1 aromatic heterocycles. The van der Waals surface area contributed by atoms with E-state index in [1.165, 1.54) is 6.20 Å². The van der Waals surface area contributed by atoms with E-state index in [1.54, 1.807) is 4.57 Å². The molecule has 1 saturated carbocycles. The summed E-state index contributed by atoms with van der Waals surface area (Å²) in [5.74, 6) is -1.05. The number of halogens is 1. The Balaban J connectivity index is 1.93. The largest absolute Gasteiger partial charge is 0.511 e. The smallest absolute Gasteiger partial charge is 0.449 e. The van der Waals surface area contributed by atoms with E-state index in [0.717, 1.165) is 38.5 Å². The lowest BCUT2D eigenvalue weighted by atomic mass is 10.0. The van der Waals surface area contributed by atoms with Crippen LogP contribution in [0.1, 0.15) is 31.4 Å². The van der Waals surface area contributed by atoms with Gasteiger partial charge in [-0.1, -0.05) is 6.92 Å². The molecule has 1 N–H and O–H groups in total. The highest BCUT2D eigenvalue weighted by Gasteiger charge is 2.31. The number of pyridine rings is 1. The second kappa shape index (κ2) is 7.37. The Morgan fingerprint density at radius 1 is 1.34 bits per heavy atom. The summed E-state index contributed by atoms with van der Waals surface area (Å²) in [6.07, 6.45) is 1.37. The van der Waals surface area contributed by atoms with Gasteiger partial charge in [0.15, 0.2) is 5.75 Å². The van der Waals surface area contributed by atoms with Crippen LogP contribution in [0.4, 0.5) is 14.9 Å². The van der Waals surface area contributed by atoms with Crippen molar-refractivity contribution >= 4 is 22.7 Å². The lowest BCUT2D eigenvalue weighted by Gasteiger charge is -2.36. The van der Waals surface area contributed by atoms with Crippen molar-refractivity contribution in [3.05, 3.63) is 33.9 Å². The maximum Gasteiger partial charge on any atom is 0.511 e. The van der Waals surface area contributed by atoms with Crippen LogP contribution >= 0.6 is 0 Å². The Kier molecular flexibility index (Phi) is 4.88. The summed E-state index contributed by atoms with van der Waals surface area (Å²) in [6.45, 7) is 5.67. The number of rotatable bonds is 4. The molecule has 0 bridgehead atoms. The van der Waals surface area contributed by atoms with Crippen molar-refractivity contribution < 1.29 is 19.0 Å². The maximum absolute atomic E-state index is 15.1. The first kappa shape index (κ1) is 19.2. The molecule has 0 radical (unpaired) electrons. The molecule has 1 aromatic carbocycles. The summed E-state index contributed by atoms with van der Waals surface area (Å²) in [4.78, 5) is 27.8. The number of piperazine rings is 1. The SMILES string of the molecule is CCN1CCN(c2c(F)cc3c(=O)c(OC(=O)O)cn(C4CC4)c3c2C#N)CC1. The number of carbonyl (C=O) groups is 1. The molecule has 1 aliphatic heterocycles. The number of hydrogen-bond acceptors (Lipinski definition) is 6. The first-order chi connectivity index (χ1) is 13.9. The van der Waals surface area contributed by atoms with Crippen molar-refractivity contribution in [2.45, 2.75) is 25.8 Å². The van der Waals surface area contributed by atoms with Crippen molar-refractivity contribution in [3.8, 4) is 11.8 Å². The second-order valence-corrected chi connectivity index (χ2v) is 7.34. The molecular weight excluding hydrogens is 379 g/mol. The van der Waals surface area contributed by atoms with E-state index >= 15 is 4.39 Å². The van der Waals surface area contributed by atoms with Crippen LogP contribution in [0.2, 0.25) is 0 Å². The number of anilines is 1. The Bertz CT molecular complexity index is 1080. The van der Waals surface area contributed by atoms with Gasteiger partial charge in [0.25, 0.3) is 0 Å². The van der Waals surface area contributed by atoms with Crippen molar-refractivity contribution in [3.63, 3.8) is 0 Å². The van der Waals surface area contributed by atoms with Crippen molar-refractivity contribution in [1.29, 1.82) is 5.26 Å². The summed E-state index contributed by atoms with van der Waals surface area (Å²) in [6, 6.07) is 3.23. The first-order valence-electron chi connectivity index (χ1n) is 9.64. The molecule has 1 aliphatic carbocycles. The quantitative estimate of drug-likeness (QED) is 0.788. The molecule has 2 aliphatic rings. The molecule has 0 spiro atoms. The topological polar surface area (TPSA) is 98.8 Å². The highest BCUT2D eigenvalue weighted by atomic mass is 19.1. The first-order valence-corrected chi connectivity index (χ1v) is 9.64. The Morgan fingerprint density at radius 3 is 2.59 bits per heavy atom. The predicted octanol–water partition coefficient (Wildman–Crippen LogP) is 2.55. The van der Waals surface area contributed by atoms with E-state index in [2.05, 4.69) is 22.6 Å².